The van der Waals surface area contributed by atoms with Gasteiger partial charge in [-0.3, -0.25) is 4.79 Å². The number of carbonyl (C=O) groups is 1. The van der Waals surface area contributed by atoms with Crippen molar-refractivity contribution in [1.82, 2.24) is 5.32 Å². The quantitative estimate of drug-likeness (QED) is 0.754. The van der Waals surface area contributed by atoms with Gasteiger partial charge in [0.25, 0.3) is 5.91 Å². The maximum Gasteiger partial charge on any atom is 0.336 e. The molecule has 0 aliphatic rings. The molecule has 0 fully saturated rings. The standard InChI is InChI=1S/C17H15NO3S/c1-10-6-13-12(8-16(19)21-14(13)7-11(10)2)9-18-17(20)15-4-3-5-22-15/h3-8H,9H2,1-2H3,(H,18,20). The van der Waals surface area contributed by atoms with Gasteiger partial charge in [-0.05, 0) is 54.1 Å². The smallest absolute Gasteiger partial charge is 0.336 e. The third kappa shape index (κ3) is 2.80. The molecule has 1 amide bonds. The summed E-state index contributed by atoms with van der Waals surface area (Å²) in [5.41, 5.74) is 3.09. The molecular formula is C17H15NO3S. The van der Waals surface area contributed by atoms with Gasteiger partial charge in [-0.25, -0.2) is 4.79 Å². The lowest BCUT2D eigenvalue weighted by molar-refractivity contribution is 0.0955. The second-order valence-corrected chi connectivity index (χ2v) is 6.13. The van der Waals surface area contributed by atoms with Crippen LogP contribution in [0.3, 0.4) is 0 Å². The Kier molecular flexibility index (Phi) is 3.81. The number of rotatable bonds is 3. The van der Waals surface area contributed by atoms with Crippen molar-refractivity contribution >= 4 is 28.2 Å². The lowest BCUT2D eigenvalue weighted by atomic mass is 10.0. The Labute approximate surface area is 131 Å². The number of nitrogens with one attached hydrogen (secondary N) is 1. The van der Waals surface area contributed by atoms with E-state index < -0.39 is 5.63 Å². The van der Waals surface area contributed by atoms with Crippen LogP contribution in [0.5, 0.6) is 0 Å². The number of thiophene rings is 1. The lowest BCUT2D eigenvalue weighted by Gasteiger charge is -2.09. The molecule has 0 aliphatic carbocycles. The average molecular weight is 313 g/mol. The Morgan fingerprint density at radius 3 is 2.73 bits per heavy atom. The van der Waals surface area contributed by atoms with Crippen molar-refractivity contribution in [2.45, 2.75) is 20.4 Å². The molecule has 0 bridgehead atoms. The number of carbonyl (C=O) groups excluding carboxylic acids is 1. The SMILES string of the molecule is Cc1cc2oc(=O)cc(CNC(=O)c3cccs3)c2cc1C. The summed E-state index contributed by atoms with van der Waals surface area (Å²) in [7, 11) is 0. The first kappa shape index (κ1) is 14.5. The Balaban J connectivity index is 1.94. The lowest BCUT2D eigenvalue weighted by Crippen LogP contribution is -2.22. The predicted molar refractivity (Wildman–Crippen MR) is 87.4 cm³/mol. The van der Waals surface area contributed by atoms with Crippen molar-refractivity contribution < 1.29 is 9.21 Å². The molecule has 5 heteroatoms. The summed E-state index contributed by atoms with van der Waals surface area (Å²) < 4.78 is 5.25. The van der Waals surface area contributed by atoms with E-state index in [2.05, 4.69) is 5.32 Å². The van der Waals surface area contributed by atoms with E-state index in [1.54, 1.807) is 6.07 Å². The minimum absolute atomic E-state index is 0.139. The molecule has 2 heterocycles. The van der Waals surface area contributed by atoms with Crippen LogP contribution in [0, 0.1) is 13.8 Å². The van der Waals surface area contributed by atoms with Gasteiger partial charge in [-0.1, -0.05) is 6.07 Å². The number of hydrogen-bond acceptors (Lipinski definition) is 4. The maximum atomic E-state index is 12.0. The highest BCUT2D eigenvalue weighted by Crippen LogP contribution is 2.21. The molecule has 0 unspecified atom stereocenters. The van der Waals surface area contributed by atoms with Crippen molar-refractivity contribution in [1.29, 1.82) is 0 Å². The summed E-state index contributed by atoms with van der Waals surface area (Å²) in [5, 5.41) is 5.56. The van der Waals surface area contributed by atoms with Crippen LogP contribution in [-0.4, -0.2) is 5.91 Å². The molecule has 1 N–H and O–H groups in total. The molecule has 0 saturated heterocycles. The number of hydrogen-bond donors (Lipinski definition) is 1. The number of amides is 1. The zero-order valence-electron chi connectivity index (χ0n) is 12.3. The summed E-state index contributed by atoms with van der Waals surface area (Å²) >= 11 is 1.39. The van der Waals surface area contributed by atoms with Gasteiger partial charge in [0.1, 0.15) is 5.58 Å². The van der Waals surface area contributed by atoms with E-state index in [4.69, 9.17) is 4.42 Å². The van der Waals surface area contributed by atoms with E-state index in [-0.39, 0.29) is 5.91 Å². The predicted octanol–water partition coefficient (Wildman–Crippen LogP) is 3.40. The number of aryl methyl sites for hydroxylation is 2. The largest absolute Gasteiger partial charge is 0.423 e. The molecule has 0 radical (unpaired) electrons. The minimum atomic E-state index is -0.406. The van der Waals surface area contributed by atoms with Gasteiger partial charge in [-0.2, -0.15) is 0 Å². The first-order valence-corrected chi connectivity index (χ1v) is 7.78. The highest BCUT2D eigenvalue weighted by molar-refractivity contribution is 7.12. The Hall–Kier alpha value is -2.40. The Morgan fingerprint density at radius 1 is 1.23 bits per heavy atom. The highest BCUT2D eigenvalue weighted by atomic mass is 32.1. The summed E-state index contributed by atoms with van der Waals surface area (Å²) in [5.74, 6) is -0.139. The fraction of sp³-hybridized carbons (Fsp3) is 0.176. The number of benzene rings is 1. The van der Waals surface area contributed by atoms with E-state index in [1.165, 1.54) is 17.4 Å². The zero-order chi connectivity index (χ0) is 15.7. The molecule has 1 aromatic carbocycles. The first-order valence-electron chi connectivity index (χ1n) is 6.90. The molecular weight excluding hydrogens is 298 g/mol. The van der Waals surface area contributed by atoms with Crippen molar-refractivity contribution in [3.8, 4) is 0 Å². The second kappa shape index (κ2) is 5.77. The van der Waals surface area contributed by atoms with Crippen LogP contribution < -0.4 is 10.9 Å². The summed E-state index contributed by atoms with van der Waals surface area (Å²) in [6.45, 7) is 4.27. The molecule has 2 aromatic heterocycles. The fourth-order valence-corrected chi connectivity index (χ4v) is 2.94. The van der Waals surface area contributed by atoms with Crippen LogP contribution >= 0.6 is 11.3 Å². The zero-order valence-corrected chi connectivity index (χ0v) is 13.1. The molecule has 0 spiro atoms. The second-order valence-electron chi connectivity index (χ2n) is 5.18. The number of fused-ring (bicyclic) bond motifs is 1. The Morgan fingerprint density at radius 2 is 2.00 bits per heavy atom. The normalized spacial score (nSPS) is 10.8. The first-order chi connectivity index (χ1) is 10.5. The van der Waals surface area contributed by atoms with E-state index in [0.717, 1.165) is 22.1 Å². The average Bonchev–Trinajstić information content (AvgIpc) is 3.00. The van der Waals surface area contributed by atoms with E-state index in [9.17, 15) is 9.59 Å². The fourth-order valence-electron chi connectivity index (χ4n) is 2.30. The molecule has 3 aromatic rings. The summed E-state index contributed by atoms with van der Waals surface area (Å²) in [6, 6.07) is 8.88. The molecule has 3 rings (SSSR count). The van der Waals surface area contributed by atoms with Crippen LogP contribution in [-0.2, 0) is 6.54 Å². The molecule has 22 heavy (non-hydrogen) atoms. The van der Waals surface area contributed by atoms with E-state index in [0.29, 0.717) is 17.0 Å². The van der Waals surface area contributed by atoms with Gasteiger partial charge in [0.15, 0.2) is 0 Å². The van der Waals surface area contributed by atoms with Crippen molar-refractivity contribution in [2.75, 3.05) is 0 Å². The van der Waals surface area contributed by atoms with Gasteiger partial charge < -0.3 is 9.73 Å². The van der Waals surface area contributed by atoms with Crippen LogP contribution in [0.4, 0.5) is 0 Å². The van der Waals surface area contributed by atoms with Crippen molar-refractivity contribution in [2.24, 2.45) is 0 Å². The van der Waals surface area contributed by atoms with Crippen LogP contribution in [0.25, 0.3) is 11.0 Å². The Bertz CT molecular complexity index is 894. The van der Waals surface area contributed by atoms with E-state index >= 15 is 0 Å². The van der Waals surface area contributed by atoms with Crippen molar-refractivity contribution in [3.63, 3.8) is 0 Å². The highest BCUT2D eigenvalue weighted by Gasteiger charge is 2.10. The third-order valence-electron chi connectivity index (χ3n) is 3.63. The molecule has 112 valence electrons. The van der Waals surface area contributed by atoms with Crippen LogP contribution in [0.15, 0.2) is 44.9 Å². The van der Waals surface area contributed by atoms with Crippen LogP contribution in [0.1, 0.15) is 26.4 Å². The van der Waals surface area contributed by atoms with Gasteiger partial charge >= 0.3 is 5.63 Å². The van der Waals surface area contributed by atoms with Gasteiger partial charge in [0, 0.05) is 18.0 Å². The molecule has 0 atom stereocenters. The molecule has 0 saturated carbocycles. The monoisotopic (exact) mass is 313 g/mol. The van der Waals surface area contributed by atoms with Gasteiger partial charge in [0.2, 0.25) is 0 Å². The summed E-state index contributed by atoms with van der Waals surface area (Å²) in [6.07, 6.45) is 0. The van der Waals surface area contributed by atoms with Crippen molar-refractivity contribution in [3.05, 3.63) is 67.7 Å². The third-order valence-corrected chi connectivity index (χ3v) is 4.50. The minimum Gasteiger partial charge on any atom is -0.423 e. The van der Waals surface area contributed by atoms with Gasteiger partial charge in [-0.15, -0.1) is 11.3 Å². The summed E-state index contributed by atoms with van der Waals surface area (Å²) in [4.78, 5) is 24.4. The molecule has 0 aliphatic heterocycles. The van der Waals surface area contributed by atoms with Crippen LogP contribution in [0.2, 0.25) is 0 Å². The molecule has 4 nitrogen and oxygen atoms in total. The van der Waals surface area contributed by atoms with Gasteiger partial charge in [0.05, 0.1) is 4.88 Å². The maximum absolute atomic E-state index is 12.0. The topological polar surface area (TPSA) is 59.3 Å². The van der Waals surface area contributed by atoms with E-state index in [1.807, 2.05) is 37.4 Å².